The van der Waals surface area contributed by atoms with Crippen LogP contribution in [-0.4, -0.2) is 24.2 Å². The molecular weight excluding hydrogens is 442 g/mol. The van der Waals surface area contributed by atoms with Crippen LogP contribution in [0, 0.1) is 13.8 Å². The summed E-state index contributed by atoms with van der Waals surface area (Å²) >= 11 is 6.01. The second-order valence-electron chi connectivity index (χ2n) is 6.93. The summed E-state index contributed by atoms with van der Waals surface area (Å²) in [6.45, 7) is 3.67. The van der Waals surface area contributed by atoms with Crippen molar-refractivity contribution in [1.29, 1.82) is 0 Å². The molecule has 0 atom stereocenters. The monoisotopic (exact) mass is 457 g/mol. The largest absolute Gasteiger partial charge is 0.417 e. The zero-order valence-electron chi connectivity index (χ0n) is 16.4. The van der Waals surface area contributed by atoms with Crippen LogP contribution >= 0.6 is 11.6 Å². The predicted molar refractivity (Wildman–Crippen MR) is 116 cm³/mol. The number of nitrogens with zero attached hydrogens (tertiary/aromatic N) is 1. The van der Waals surface area contributed by atoms with Gasteiger partial charge in [0.2, 0.25) is 5.78 Å². The molecule has 2 N–H and O–H groups in total. The van der Waals surface area contributed by atoms with E-state index in [4.69, 9.17) is 16.0 Å². The lowest BCUT2D eigenvalue weighted by Gasteiger charge is -2.13. The first-order valence-corrected chi connectivity index (χ1v) is 10.9. The molecule has 4 rings (SSSR count). The second-order valence-corrected chi connectivity index (χ2v) is 9.05. The highest BCUT2D eigenvalue weighted by Gasteiger charge is 2.24. The van der Waals surface area contributed by atoms with Crippen LogP contribution in [0.1, 0.15) is 27.2 Å². The van der Waals surface area contributed by atoms with Crippen molar-refractivity contribution < 1.29 is 17.6 Å². The summed E-state index contributed by atoms with van der Waals surface area (Å²) in [5.41, 5.74) is 1.91. The first-order chi connectivity index (χ1) is 14.7. The Morgan fingerprint density at radius 3 is 2.65 bits per heavy atom. The molecule has 2 aromatic heterocycles. The third-order valence-electron chi connectivity index (χ3n) is 4.79. The number of benzene rings is 2. The van der Waals surface area contributed by atoms with Crippen LogP contribution in [-0.2, 0) is 10.0 Å². The highest BCUT2D eigenvalue weighted by atomic mass is 35.5. The van der Waals surface area contributed by atoms with Crippen LogP contribution in [0.2, 0.25) is 5.02 Å². The van der Waals surface area contributed by atoms with Crippen LogP contribution in [0.4, 0.5) is 5.69 Å². The van der Waals surface area contributed by atoms with Gasteiger partial charge in [0.15, 0.2) is 5.58 Å². The van der Waals surface area contributed by atoms with Gasteiger partial charge in [0.1, 0.15) is 5.69 Å². The quantitative estimate of drug-likeness (QED) is 0.439. The van der Waals surface area contributed by atoms with Crippen LogP contribution in [0.25, 0.3) is 11.1 Å². The van der Waals surface area contributed by atoms with E-state index in [0.29, 0.717) is 5.52 Å². The topological polar surface area (TPSA) is 122 Å². The standard InChI is InChI=1S/C21H16ClN3O5S/c1-11-6-7-14(8-12(11)2)31(28,29)25-17-9-13(22)10-23-18(17)19(26)15-4-3-5-16-20(15)30-21(27)24-16/h3-10,25H,1-2H3,(H,24,27). The van der Waals surface area contributed by atoms with Gasteiger partial charge in [-0.15, -0.1) is 0 Å². The zero-order chi connectivity index (χ0) is 22.3. The minimum atomic E-state index is -4.03. The maximum Gasteiger partial charge on any atom is 0.417 e. The first kappa shape index (κ1) is 20.8. The lowest BCUT2D eigenvalue weighted by atomic mass is 10.1. The van der Waals surface area contributed by atoms with Crippen molar-refractivity contribution in [3.8, 4) is 0 Å². The summed E-state index contributed by atoms with van der Waals surface area (Å²) in [7, 11) is -4.03. The van der Waals surface area contributed by atoms with Gasteiger partial charge in [-0.25, -0.2) is 18.2 Å². The number of carbonyl (C=O) groups is 1. The molecule has 2 aromatic carbocycles. The number of rotatable bonds is 5. The van der Waals surface area contributed by atoms with Crippen molar-refractivity contribution in [1.82, 2.24) is 9.97 Å². The summed E-state index contributed by atoms with van der Waals surface area (Å²) in [6, 6.07) is 10.6. The van der Waals surface area contributed by atoms with Crippen LogP contribution in [0.15, 0.2) is 62.8 Å². The Balaban J connectivity index is 1.80. The predicted octanol–water partition coefficient (Wildman–Crippen LogP) is 3.82. The summed E-state index contributed by atoms with van der Waals surface area (Å²) < 4.78 is 33.4. The molecule has 0 amide bonds. The lowest BCUT2D eigenvalue weighted by Crippen LogP contribution is -2.17. The smallest absolute Gasteiger partial charge is 0.407 e. The van der Waals surface area contributed by atoms with Gasteiger partial charge in [-0.2, -0.15) is 0 Å². The number of pyridine rings is 1. The fourth-order valence-corrected chi connectivity index (χ4v) is 4.36. The SMILES string of the molecule is Cc1ccc(S(=O)(=O)Nc2cc(Cl)cnc2C(=O)c2cccc3[nH]c(=O)oc23)cc1C. The average Bonchev–Trinajstić information content (AvgIpc) is 3.09. The highest BCUT2D eigenvalue weighted by Crippen LogP contribution is 2.27. The van der Waals surface area contributed by atoms with Gasteiger partial charge in [-0.3, -0.25) is 14.5 Å². The van der Waals surface area contributed by atoms with Gasteiger partial charge < -0.3 is 4.42 Å². The molecule has 0 spiro atoms. The second kappa shape index (κ2) is 7.68. The van der Waals surface area contributed by atoms with Crippen molar-refractivity contribution in [2.45, 2.75) is 18.7 Å². The summed E-state index contributed by atoms with van der Waals surface area (Å²) in [5.74, 6) is -1.35. The number of fused-ring (bicyclic) bond motifs is 1. The fourth-order valence-electron chi connectivity index (χ4n) is 3.06. The van der Waals surface area contributed by atoms with E-state index >= 15 is 0 Å². The zero-order valence-corrected chi connectivity index (χ0v) is 18.0. The van der Waals surface area contributed by atoms with Gasteiger partial charge in [0, 0.05) is 6.20 Å². The van der Waals surface area contributed by atoms with E-state index in [1.165, 1.54) is 30.5 Å². The third-order valence-corrected chi connectivity index (χ3v) is 6.36. The van der Waals surface area contributed by atoms with Crippen LogP contribution in [0.3, 0.4) is 0 Å². The van der Waals surface area contributed by atoms with Crippen molar-refractivity contribution in [3.05, 3.63) is 86.6 Å². The Bertz CT molecular complexity index is 1510. The molecule has 0 saturated carbocycles. The minimum Gasteiger partial charge on any atom is -0.407 e. The number of H-pyrrole nitrogens is 1. The number of hydrogen-bond acceptors (Lipinski definition) is 6. The minimum absolute atomic E-state index is 0.0349. The summed E-state index contributed by atoms with van der Waals surface area (Å²) in [6.07, 6.45) is 1.23. The average molecular weight is 458 g/mol. The highest BCUT2D eigenvalue weighted by molar-refractivity contribution is 7.92. The van der Waals surface area contributed by atoms with E-state index in [9.17, 15) is 18.0 Å². The number of ketones is 1. The van der Waals surface area contributed by atoms with Crippen molar-refractivity contribution >= 4 is 44.2 Å². The molecule has 31 heavy (non-hydrogen) atoms. The number of para-hydroxylation sites is 1. The van der Waals surface area contributed by atoms with E-state index in [2.05, 4.69) is 14.7 Å². The van der Waals surface area contributed by atoms with Crippen molar-refractivity contribution in [2.75, 3.05) is 4.72 Å². The molecule has 2 heterocycles. The molecule has 158 valence electrons. The van der Waals surface area contributed by atoms with Crippen LogP contribution in [0.5, 0.6) is 0 Å². The van der Waals surface area contributed by atoms with Gasteiger partial charge >= 0.3 is 5.76 Å². The molecule has 0 aliphatic heterocycles. The molecule has 0 unspecified atom stereocenters. The normalized spacial score (nSPS) is 11.6. The number of aromatic amines is 1. The number of halogens is 1. The Morgan fingerprint density at radius 2 is 1.90 bits per heavy atom. The fraction of sp³-hybridized carbons (Fsp3) is 0.0952. The maximum absolute atomic E-state index is 13.2. The number of hydrogen-bond donors (Lipinski definition) is 2. The Labute approximate surface area is 181 Å². The molecule has 0 bridgehead atoms. The van der Waals surface area contributed by atoms with E-state index in [1.807, 2.05) is 6.92 Å². The third kappa shape index (κ3) is 3.97. The first-order valence-electron chi connectivity index (χ1n) is 9.08. The summed E-state index contributed by atoms with van der Waals surface area (Å²) in [4.78, 5) is 31.3. The number of oxazole rings is 1. The summed E-state index contributed by atoms with van der Waals surface area (Å²) in [5, 5.41) is 0.140. The number of aryl methyl sites for hydroxylation is 2. The lowest BCUT2D eigenvalue weighted by molar-refractivity contribution is 0.103. The van der Waals surface area contributed by atoms with Crippen molar-refractivity contribution in [3.63, 3.8) is 0 Å². The molecule has 0 fully saturated rings. The molecule has 10 heteroatoms. The molecule has 8 nitrogen and oxygen atoms in total. The number of sulfonamides is 1. The van der Waals surface area contributed by atoms with Crippen LogP contribution < -0.4 is 10.5 Å². The molecule has 0 aliphatic carbocycles. The van der Waals surface area contributed by atoms with E-state index < -0.39 is 21.6 Å². The Kier molecular flexibility index (Phi) is 5.16. The van der Waals surface area contributed by atoms with Gasteiger partial charge in [0.05, 0.1) is 26.7 Å². The van der Waals surface area contributed by atoms with E-state index in [0.717, 1.165) is 11.1 Å². The number of nitrogens with one attached hydrogen (secondary N) is 2. The number of aromatic nitrogens is 2. The molecular formula is C21H16ClN3O5S. The van der Waals surface area contributed by atoms with E-state index in [1.54, 1.807) is 25.1 Å². The molecule has 0 radical (unpaired) electrons. The molecule has 4 aromatic rings. The van der Waals surface area contributed by atoms with Gasteiger partial charge in [-0.1, -0.05) is 23.7 Å². The van der Waals surface area contributed by atoms with Gasteiger partial charge in [0.25, 0.3) is 10.0 Å². The number of carbonyl (C=O) groups excluding carboxylic acids is 1. The maximum atomic E-state index is 13.2. The molecule has 0 aliphatic rings. The van der Waals surface area contributed by atoms with Crippen molar-refractivity contribution in [2.24, 2.45) is 0 Å². The van der Waals surface area contributed by atoms with E-state index in [-0.39, 0.29) is 32.4 Å². The van der Waals surface area contributed by atoms with Gasteiger partial charge in [-0.05, 0) is 55.3 Å². The molecule has 0 saturated heterocycles. The Morgan fingerprint density at radius 1 is 1.13 bits per heavy atom. The number of anilines is 1. The Hall–Kier alpha value is -3.43.